The van der Waals surface area contributed by atoms with Crippen LogP contribution in [0.5, 0.6) is 0 Å². The van der Waals surface area contributed by atoms with E-state index in [1.807, 2.05) is 22.2 Å². The molecule has 1 amide bonds. The van der Waals surface area contributed by atoms with Crippen molar-refractivity contribution in [3.8, 4) is 0 Å². The normalized spacial score (nSPS) is 17.1. The van der Waals surface area contributed by atoms with Crippen LogP contribution >= 0.6 is 11.3 Å². The molecule has 0 bridgehead atoms. The van der Waals surface area contributed by atoms with E-state index in [9.17, 15) is 4.79 Å². The zero-order valence-electron chi connectivity index (χ0n) is 13.0. The van der Waals surface area contributed by atoms with Gasteiger partial charge in [-0.25, -0.2) is 9.97 Å². The van der Waals surface area contributed by atoms with Crippen LogP contribution in [0.15, 0.2) is 23.8 Å². The lowest BCUT2D eigenvalue weighted by molar-refractivity contribution is 0.0945. The van der Waals surface area contributed by atoms with E-state index in [0.29, 0.717) is 18.3 Å². The molecular weight excluding hydrogens is 324 g/mol. The van der Waals surface area contributed by atoms with Crippen molar-refractivity contribution in [2.75, 3.05) is 11.4 Å². The van der Waals surface area contributed by atoms with Crippen LogP contribution in [0.1, 0.15) is 29.0 Å². The molecule has 0 unspecified atom stereocenters. The summed E-state index contributed by atoms with van der Waals surface area (Å²) in [5.41, 5.74) is 2.54. The smallest absolute Gasteiger partial charge is 0.272 e. The third kappa shape index (κ3) is 2.34. The van der Waals surface area contributed by atoms with Crippen molar-refractivity contribution in [1.29, 1.82) is 0 Å². The van der Waals surface area contributed by atoms with Crippen LogP contribution in [0.4, 0.5) is 5.82 Å². The van der Waals surface area contributed by atoms with Gasteiger partial charge in [-0.2, -0.15) is 5.10 Å². The van der Waals surface area contributed by atoms with Crippen molar-refractivity contribution in [1.82, 2.24) is 25.1 Å². The second kappa shape index (κ2) is 5.27. The van der Waals surface area contributed by atoms with Crippen molar-refractivity contribution in [3.05, 3.63) is 35.2 Å². The van der Waals surface area contributed by atoms with Gasteiger partial charge >= 0.3 is 0 Å². The Morgan fingerprint density at radius 3 is 3.08 bits per heavy atom. The van der Waals surface area contributed by atoms with Gasteiger partial charge in [0.1, 0.15) is 12.1 Å². The number of nitrogens with zero attached hydrogens (tertiary/aromatic N) is 5. The molecule has 0 atom stereocenters. The Labute approximate surface area is 142 Å². The molecule has 0 aromatic carbocycles. The fourth-order valence-electron chi connectivity index (χ4n) is 3.05. The number of aromatic nitrogens is 4. The summed E-state index contributed by atoms with van der Waals surface area (Å²) in [6.45, 7) is 2.28. The maximum Gasteiger partial charge on any atom is 0.272 e. The predicted octanol–water partition coefficient (Wildman–Crippen LogP) is 1.80. The Morgan fingerprint density at radius 1 is 1.29 bits per heavy atom. The lowest BCUT2D eigenvalue weighted by Crippen LogP contribution is -2.34. The molecule has 24 heavy (non-hydrogen) atoms. The summed E-state index contributed by atoms with van der Waals surface area (Å²) in [6.07, 6.45) is 3.78. The summed E-state index contributed by atoms with van der Waals surface area (Å²) in [5.74, 6) is 0.903. The number of amides is 1. The largest absolute Gasteiger partial charge is 0.348 e. The number of rotatable bonds is 3. The van der Waals surface area contributed by atoms with E-state index in [0.717, 1.165) is 47.7 Å². The summed E-state index contributed by atoms with van der Waals surface area (Å²) in [7, 11) is 0. The number of hydrogen-bond donors (Lipinski definition) is 1. The highest BCUT2D eigenvalue weighted by Gasteiger charge is 2.27. The SMILES string of the molecule is O=C(NC1CC1)c1cc2n(n1)CCN(c1ncnc3ccsc13)C2. The average Bonchev–Trinajstić information content (AvgIpc) is 3.13. The summed E-state index contributed by atoms with van der Waals surface area (Å²) in [5, 5.41) is 9.49. The molecule has 1 aliphatic carbocycles. The molecule has 4 heterocycles. The molecule has 1 saturated carbocycles. The standard InChI is InChI=1S/C16H16N6OS/c23-16(19-10-1-2-10)13-7-11-8-21(4-5-22(11)20-13)15-14-12(3-6-24-14)17-9-18-15/h3,6-7,9-10H,1-2,4-5,8H2,(H,19,23). The zero-order valence-corrected chi connectivity index (χ0v) is 13.8. The van der Waals surface area contributed by atoms with Crippen LogP contribution in [-0.4, -0.2) is 38.2 Å². The van der Waals surface area contributed by atoms with Gasteiger partial charge in [-0.1, -0.05) is 0 Å². The topological polar surface area (TPSA) is 75.9 Å². The first-order chi connectivity index (χ1) is 11.8. The second-order valence-electron chi connectivity index (χ2n) is 6.25. The van der Waals surface area contributed by atoms with Gasteiger partial charge in [0.05, 0.1) is 29.0 Å². The summed E-state index contributed by atoms with van der Waals surface area (Å²) in [6, 6.07) is 4.26. The average molecular weight is 340 g/mol. The predicted molar refractivity (Wildman–Crippen MR) is 91.2 cm³/mol. The molecule has 0 spiro atoms. The highest BCUT2D eigenvalue weighted by molar-refractivity contribution is 7.17. The molecule has 1 N–H and O–H groups in total. The van der Waals surface area contributed by atoms with Gasteiger partial charge in [0.25, 0.3) is 5.91 Å². The van der Waals surface area contributed by atoms with E-state index >= 15 is 0 Å². The number of thiophene rings is 1. The number of fused-ring (bicyclic) bond motifs is 2. The molecule has 3 aromatic heterocycles. The van der Waals surface area contributed by atoms with Crippen molar-refractivity contribution >= 4 is 33.3 Å². The minimum atomic E-state index is -0.0615. The van der Waals surface area contributed by atoms with Crippen LogP contribution < -0.4 is 10.2 Å². The fraction of sp³-hybridized carbons (Fsp3) is 0.375. The maximum absolute atomic E-state index is 12.2. The van der Waals surface area contributed by atoms with E-state index in [2.05, 4.69) is 25.3 Å². The first kappa shape index (κ1) is 13.9. The monoisotopic (exact) mass is 340 g/mol. The van der Waals surface area contributed by atoms with E-state index < -0.39 is 0 Å². The molecule has 1 fully saturated rings. The Hall–Kier alpha value is -2.48. The van der Waals surface area contributed by atoms with Gasteiger partial charge < -0.3 is 10.2 Å². The minimum absolute atomic E-state index is 0.0615. The van der Waals surface area contributed by atoms with Crippen LogP contribution in [-0.2, 0) is 13.1 Å². The van der Waals surface area contributed by atoms with E-state index in [4.69, 9.17) is 0 Å². The van der Waals surface area contributed by atoms with Crippen molar-refractivity contribution in [3.63, 3.8) is 0 Å². The molecule has 7 nitrogen and oxygen atoms in total. The third-order valence-electron chi connectivity index (χ3n) is 4.47. The fourth-order valence-corrected chi connectivity index (χ4v) is 3.91. The van der Waals surface area contributed by atoms with Gasteiger partial charge in [-0.15, -0.1) is 11.3 Å². The quantitative estimate of drug-likeness (QED) is 0.787. The van der Waals surface area contributed by atoms with Crippen LogP contribution in [0.3, 0.4) is 0 Å². The summed E-state index contributed by atoms with van der Waals surface area (Å²) < 4.78 is 3.04. The highest BCUT2D eigenvalue weighted by atomic mass is 32.1. The van der Waals surface area contributed by atoms with Gasteiger partial charge in [0.15, 0.2) is 5.69 Å². The molecular formula is C16H16N6OS. The maximum atomic E-state index is 12.2. The lowest BCUT2D eigenvalue weighted by Gasteiger charge is -2.28. The van der Waals surface area contributed by atoms with Gasteiger partial charge in [0.2, 0.25) is 0 Å². The highest BCUT2D eigenvalue weighted by Crippen LogP contribution is 2.30. The van der Waals surface area contributed by atoms with Crippen LogP contribution in [0.25, 0.3) is 10.2 Å². The minimum Gasteiger partial charge on any atom is -0.348 e. The molecule has 0 radical (unpaired) electrons. The van der Waals surface area contributed by atoms with Gasteiger partial charge in [-0.05, 0) is 30.4 Å². The molecule has 3 aromatic rings. The molecule has 2 aliphatic rings. The number of nitrogens with one attached hydrogen (secondary N) is 1. The van der Waals surface area contributed by atoms with E-state index in [1.54, 1.807) is 17.7 Å². The van der Waals surface area contributed by atoms with Gasteiger partial charge in [-0.3, -0.25) is 9.48 Å². The Balaban J connectivity index is 1.42. The number of anilines is 1. The number of carbonyl (C=O) groups excluding carboxylic acids is 1. The first-order valence-electron chi connectivity index (χ1n) is 8.09. The van der Waals surface area contributed by atoms with E-state index in [-0.39, 0.29) is 5.91 Å². The zero-order chi connectivity index (χ0) is 16.1. The Bertz CT molecular complexity index is 928. The van der Waals surface area contributed by atoms with Crippen LogP contribution in [0, 0.1) is 0 Å². The van der Waals surface area contributed by atoms with Crippen molar-refractivity contribution in [2.24, 2.45) is 0 Å². The first-order valence-corrected chi connectivity index (χ1v) is 8.96. The van der Waals surface area contributed by atoms with Gasteiger partial charge in [0, 0.05) is 12.6 Å². The Morgan fingerprint density at radius 2 is 2.21 bits per heavy atom. The lowest BCUT2D eigenvalue weighted by atomic mass is 10.2. The second-order valence-corrected chi connectivity index (χ2v) is 7.16. The van der Waals surface area contributed by atoms with Crippen LogP contribution in [0.2, 0.25) is 0 Å². The molecule has 1 aliphatic heterocycles. The van der Waals surface area contributed by atoms with Crippen molar-refractivity contribution < 1.29 is 4.79 Å². The molecule has 8 heteroatoms. The molecule has 0 saturated heterocycles. The number of carbonyl (C=O) groups is 1. The summed E-state index contributed by atoms with van der Waals surface area (Å²) in [4.78, 5) is 23.2. The third-order valence-corrected chi connectivity index (χ3v) is 5.37. The summed E-state index contributed by atoms with van der Waals surface area (Å²) >= 11 is 1.66. The molecule has 5 rings (SSSR count). The Kier molecular flexibility index (Phi) is 3.05. The number of hydrogen-bond acceptors (Lipinski definition) is 6. The molecule has 122 valence electrons. The van der Waals surface area contributed by atoms with E-state index in [1.165, 1.54) is 0 Å². The van der Waals surface area contributed by atoms with Crippen molar-refractivity contribution in [2.45, 2.75) is 32.0 Å².